The summed E-state index contributed by atoms with van der Waals surface area (Å²) in [5.74, 6) is 0. The largest absolute Gasteiger partial charge is 0.396 e. The first-order chi connectivity index (χ1) is 10.1. The molecule has 3 aromatic rings. The highest BCUT2D eigenvalue weighted by molar-refractivity contribution is 9.10. The molecule has 0 saturated heterocycles. The predicted octanol–water partition coefficient (Wildman–Crippen LogP) is 5.63. The molecule has 0 spiro atoms. The molecule has 0 saturated carbocycles. The van der Waals surface area contributed by atoms with Crippen LogP contribution in [0.5, 0.6) is 0 Å². The number of nitrogen functional groups attached to an aromatic ring is 1. The van der Waals surface area contributed by atoms with E-state index in [1.807, 2.05) is 36.4 Å². The number of rotatable bonds is 2. The van der Waals surface area contributed by atoms with E-state index >= 15 is 0 Å². The number of hydrogen-bond donors (Lipinski definition) is 2. The zero-order valence-electron chi connectivity index (χ0n) is 10.7. The first-order valence-corrected chi connectivity index (χ1v) is 7.66. The van der Waals surface area contributed by atoms with E-state index in [-0.39, 0.29) is 0 Å². The lowest BCUT2D eigenvalue weighted by atomic mass is 10.1. The number of halogens is 3. The van der Waals surface area contributed by atoms with Gasteiger partial charge in [0.1, 0.15) is 0 Å². The van der Waals surface area contributed by atoms with Crippen LogP contribution in [0.25, 0.3) is 10.9 Å². The Kier molecular flexibility index (Phi) is 3.93. The van der Waals surface area contributed by atoms with Gasteiger partial charge in [-0.15, -0.1) is 0 Å². The fourth-order valence-electron chi connectivity index (χ4n) is 2.05. The summed E-state index contributed by atoms with van der Waals surface area (Å²) < 4.78 is 0.746. The van der Waals surface area contributed by atoms with E-state index in [2.05, 4.69) is 26.2 Å². The molecule has 0 fully saturated rings. The van der Waals surface area contributed by atoms with Crippen molar-refractivity contribution in [3.63, 3.8) is 0 Å². The maximum atomic E-state index is 6.24. The lowest BCUT2D eigenvalue weighted by Gasteiger charge is -2.13. The van der Waals surface area contributed by atoms with Crippen LogP contribution in [0.15, 0.2) is 47.1 Å². The van der Waals surface area contributed by atoms with Crippen LogP contribution in [0.3, 0.4) is 0 Å². The molecule has 1 aromatic heterocycles. The Morgan fingerprint density at radius 3 is 2.57 bits per heavy atom. The minimum absolute atomic E-state index is 0.441. The van der Waals surface area contributed by atoms with Gasteiger partial charge >= 0.3 is 0 Å². The first-order valence-electron chi connectivity index (χ1n) is 6.11. The highest BCUT2D eigenvalue weighted by atomic mass is 79.9. The van der Waals surface area contributed by atoms with Gasteiger partial charge in [0.2, 0.25) is 0 Å². The number of aromatic nitrogens is 1. The molecule has 0 amide bonds. The summed E-state index contributed by atoms with van der Waals surface area (Å²) in [6.45, 7) is 0. The van der Waals surface area contributed by atoms with Crippen LogP contribution in [0.4, 0.5) is 17.1 Å². The summed E-state index contributed by atoms with van der Waals surface area (Å²) in [5, 5.41) is 5.00. The van der Waals surface area contributed by atoms with Gasteiger partial charge in [-0.05, 0) is 52.3 Å². The van der Waals surface area contributed by atoms with E-state index in [4.69, 9.17) is 28.9 Å². The van der Waals surface area contributed by atoms with Gasteiger partial charge in [0.15, 0.2) is 0 Å². The number of nitrogens with zero attached hydrogens (tertiary/aromatic N) is 1. The Morgan fingerprint density at radius 2 is 1.76 bits per heavy atom. The van der Waals surface area contributed by atoms with Gasteiger partial charge in [-0.25, -0.2) is 0 Å². The lowest BCUT2D eigenvalue weighted by molar-refractivity contribution is 1.41. The van der Waals surface area contributed by atoms with E-state index in [0.29, 0.717) is 21.4 Å². The second-order valence-electron chi connectivity index (χ2n) is 4.44. The Balaban J connectivity index is 2.06. The third-order valence-electron chi connectivity index (χ3n) is 3.13. The summed E-state index contributed by atoms with van der Waals surface area (Å²) in [4.78, 5) is 4.27. The van der Waals surface area contributed by atoms with Crippen molar-refractivity contribution in [3.8, 4) is 0 Å². The second-order valence-corrected chi connectivity index (χ2v) is 6.06. The molecule has 0 aliphatic heterocycles. The molecule has 0 unspecified atom stereocenters. The van der Waals surface area contributed by atoms with Crippen molar-refractivity contribution < 1.29 is 0 Å². The molecule has 0 aliphatic rings. The minimum Gasteiger partial charge on any atom is -0.396 e. The van der Waals surface area contributed by atoms with Crippen LogP contribution in [0.1, 0.15) is 0 Å². The third kappa shape index (κ3) is 2.67. The van der Waals surface area contributed by atoms with Crippen molar-refractivity contribution in [1.82, 2.24) is 4.98 Å². The average molecular weight is 383 g/mol. The number of benzene rings is 2. The number of pyridine rings is 1. The van der Waals surface area contributed by atoms with Gasteiger partial charge in [0, 0.05) is 16.1 Å². The van der Waals surface area contributed by atoms with Crippen molar-refractivity contribution in [3.05, 3.63) is 57.1 Å². The monoisotopic (exact) mass is 381 g/mol. The topological polar surface area (TPSA) is 50.9 Å². The molecule has 2 aromatic carbocycles. The molecule has 1 heterocycles. The van der Waals surface area contributed by atoms with Gasteiger partial charge in [-0.1, -0.05) is 23.2 Å². The molecule has 6 heteroatoms. The summed E-state index contributed by atoms with van der Waals surface area (Å²) in [6.07, 6.45) is 1.74. The Bertz CT molecular complexity index is 837. The molecule has 106 valence electrons. The third-order valence-corrected chi connectivity index (χ3v) is 4.90. The zero-order valence-corrected chi connectivity index (χ0v) is 13.8. The van der Waals surface area contributed by atoms with Crippen LogP contribution in [-0.2, 0) is 0 Å². The molecule has 0 radical (unpaired) electrons. The molecule has 0 aliphatic carbocycles. The summed E-state index contributed by atoms with van der Waals surface area (Å²) in [6, 6.07) is 11.2. The molecule has 3 nitrogen and oxygen atoms in total. The van der Waals surface area contributed by atoms with Gasteiger partial charge in [0.25, 0.3) is 0 Å². The highest BCUT2D eigenvalue weighted by Crippen LogP contribution is 2.38. The van der Waals surface area contributed by atoms with E-state index in [0.717, 1.165) is 21.1 Å². The molecule has 21 heavy (non-hydrogen) atoms. The fourth-order valence-corrected chi connectivity index (χ4v) is 2.87. The van der Waals surface area contributed by atoms with Crippen molar-refractivity contribution in [2.24, 2.45) is 0 Å². The van der Waals surface area contributed by atoms with Crippen molar-refractivity contribution in [1.29, 1.82) is 0 Å². The average Bonchev–Trinajstić information content (AvgIpc) is 2.50. The second kappa shape index (κ2) is 5.72. The number of anilines is 3. The summed E-state index contributed by atoms with van der Waals surface area (Å²) >= 11 is 15.7. The molecular weight excluding hydrogens is 373 g/mol. The maximum Gasteiger partial charge on any atom is 0.0838 e. The van der Waals surface area contributed by atoms with Crippen molar-refractivity contribution in [2.75, 3.05) is 11.1 Å². The Labute approximate surface area is 140 Å². The lowest BCUT2D eigenvalue weighted by Crippen LogP contribution is -1.98. The van der Waals surface area contributed by atoms with E-state index < -0.39 is 0 Å². The standard InChI is InChI=1S/C15H10BrCl2N3/c16-9-3-4-11(14(18)13(9)17)21-12-6-5-10-8(15(12)19)2-1-7-20-10/h1-7,21H,19H2. The van der Waals surface area contributed by atoms with Gasteiger partial charge in [-0.2, -0.15) is 0 Å². The number of nitrogens with one attached hydrogen (secondary N) is 1. The maximum absolute atomic E-state index is 6.24. The van der Waals surface area contributed by atoms with E-state index in [1.54, 1.807) is 6.20 Å². The van der Waals surface area contributed by atoms with Crippen LogP contribution in [-0.4, -0.2) is 4.98 Å². The van der Waals surface area contributed by atoms with Crippen LogP contribution in [0, 0.1) is 0 Å². The molecular formula is C15H10BrCl2N3. The Morgan fingerprint density at radius 1 is 1.00 bits per heavy atom. The summed E-state index contributed by atoms with van der Waals surface area (Å²) in [7, 11) is 0. The van der Waals surface area contributed by atoms with Crippen LogP contribution < -0.4 is 11.1 Å². The van der Waals surface area contributed by atoms with Crippen molar-refractivity contribution in [2.45, 2.75) is 0 Å². The molecule has 0 atom stereocenters. The van der Waals surface area contributed by atoms with E-state index in [1.165, 1.54) is 0 Å². The molecule has 0 bridgehead atoms. The Hall–Kier alpha value is -1.49. The minimum atomic E-state index is 0.441. The number of fused-ring (bicyclic) bond motifs is 1. The smallest absolute Gasteiger partial charge is 0.0838 e. The number of nitrogens with two attached hydrogens (primary N) is 1. The van der Waals surface area contributed by atoms with E-state index in [9.17, 15) is 0 Å². The quantitative estimate of drug-likeness (QED) is 0.446. The van der Waals surface area contributed by atoms with Crippen molar-refractivity contribution >= 4 is 67.1 Å². The number of hydrogen-bond acceptors (Lipinski definition) is 3. The van der Waals surface area contributed by atoms with Crippen LogP contribution in [0.2, 0.25) is 10.0 Å². The van der Waals surface area contributed by atoms with Gasteiger partial charge in [-0.3, -0.25) is 4.98 Å². The van der Waals surface area contributed by atoms with Gasteiger partial charge < -0.3 is 11.1 Å². The summed E-state index contributed by atoms with van der Waals surface area (Å²) in [5.41, 5.74) is 9.12. The molecule has 3 N–H and O–H groups in total. The highest BCUT2D eigenvalue weighted by Gasteiger charge is 2.11. The van der Waals surface area contributed by atoms with Gasteiger partial charge in [0.05, 0.1) is 32.6 Å². The SMILES string of the molecule is Nc1c(Nc2ccc(Br)c(Cl)c2Cl)ccc2ncccc12. The normalized spacial score (nSPS) is 10.8. The predicted molar refractivity (Wildman–Crippen MR) is 93.6 cm³/mol. The fraction of sp³-hybridized carbons (Fsp3) is 0. The molecule has 3 rings (SSSR count). The zero-order chi connectivity index (χ0) is 15.0. The first kappa shape index (κ1) is 14.4. The van der Waals surface area contributed by atoms with Crippen LogP contribution >= 0.6 is 39.1 Å².